The van der Waals surface area contributed by atoms with Gasteiger partial charge < -0.3 is 34.3 Å². The molecule has 1 atom stereocenters. The smallest absolute Gasteiger partial charge is 0.260 e. The van der Waals surface area contributed by atoms with E-state index >= 15 is 0 Å². The maximum atomic E-state index is 12.8. The van der Waals surface area contributed by atoms with Gasteiger partial charge in [-0.3, -0.25) is 4.79 Å². The van der Waals surface area contributed by atoms with E-state index in [-0.39, 0.29) is 18.6 Å². The van der Waals surface area contributed by atoms with Gasteiger partial charge in [-0.15, -0.1) is 0 Å². The zero-order valence-electron chi connectivity index (χ0n) is 21.9. The van der Waals surface area contributed by atoms with Gasteiger partial charge in [0.2, 0.25) is 0 Å². The Balaban J connectivity index is 1.34. The molecule has 200 valence electrons. The van der Waals surface area contributed by atoms with Gasteiger partial charge in [-0.1, -0.05) is 18.9 Å². The second-order valence-electron chi connectivity index (χ2n) is 10.2. The fourth-order valence-electron chi connectivity index (χ4n) is 5.21. The molecule has 5 rings (SSSR count). The first-order valence-corrected chi connectivity index (χ1v) is 13.4. The van der Waals surface area contributed by atoms with Crippen molar-refractivity contribution in [3.05, 3.63) is 41.8 Å². The van der Waals surface area contributed by atoms with Gasteiger partial charge in [0, 0.05) is 32.8 Å². The Kier molecular flexibility index (Phi) is 8.25. The number of H-pyrrole nitrogens is 1. The molecule has 2 N–H and O–H groups in total. The maximum absolute atomic E-state index is 12.8. The summed E-state index contributed by atoms with van der Waals surface area (Å²) in [6, 6.07) is -0.0728. The number of fused-ring (bicyclic) bond motifs is 2. The maximum Gasteiger partial charge on any atom is 0.260 e. The number of ether oxygens (including phenoxy) is 3. The number of hydrogen-bond acceptors (Lipinski definition) is 8. The number of hydrogen-bond donors (Lipinski definition) is 2. The van der Waals surface area contributed by atoms with Crippen LogP contribution in [0.1, 0.15) is 44.1 Å². The molecule has 1 unspecified atom stereocenters. The SMILES string of the molecule is CN1CCCN(C)C(=O)COC2=C(OCCOC3CCCC3)C=CC(C2)Nc2ncnc3[nH]cc(c23)C1. The summed E-state index contributed by atoms with van der Waals surface area (Å²) in [6.07, 6.45) is 14.1. The van der Waals surface area contributed by atoms with Crippen LogP contribution < -0.4 is 5.32 Å². The molecule has 2 bridgehead atoms. The summed E-state index contributed by atoms with van der Waals surface area (Å²) in [7, 11) is 3.92. The predicted octanol–water partition coefficient (Wildman–Crippen LogP) is 3.20. The van der Waals surface area contributed by atoms with Crippen LogP contribution in [-0.4, -0.2) is 89.8 Å². The molecule has 1 amide bonds. The number of aromatic nitrogens is 3. The highest BCUT2D eigenvalue weighted by Gasteiger charge is 2.23. The number of carbonyl (C=O) groups excluding carboxylic acids is 1. The van der Waals surface area contributed by atoms with Crippen LogP contribution in [0.25, 0.3) is 11.0 Å². The summed E-state index contributed by atoms with van der Waals surface area (Å²) >= 11 is 0. The molecule has 2 aromatic heterocycles. The lowest BCUT2D eigenvalue weighted by molar-refractivity contribution is -0.133. The average molecular weight is 511 g/mol. The molecular weight excluding hydrogens is 472 g/mol. The quantitative estimate of drug-likeness (QED) is 0.591. The number of aromatic amines is 1. The first-order chi connectivity index (χ1) is 18.1. The summed E-state index contributed by atoms with van der Waals surface area (Å²) in [6.45, 7) is 3.26. The Bertz CT molecular complexity index is 1140. The van der Waals surface area contributed by atoms with Crippen LogP contribution in [0.2, 0.25) is 0 Å². The second kappa shape index (κ2) is 12.0. The van der Waals surface area contributed by atoms with Crippen molar-refractivity contribution in [1.29, 1.82) is 0 Å². The van der Waals surface area contributed by atoms with Crippen LogP contribution in [0, 0.1) is 0 Å². The standard InChI is InChI=1S/C27H38N6O4/c1-32-10-5-11-33(2)24(34)17-37-23-14-20(8-9-22(23)36-13-12-35-21-6-3-4-7-21)31-27-25-19(16-32)15-28-26(25)29-18-30-27/h8-9,15,18,20-21H,3-7,10-14,16-17H2,1-2H3,(H2,28,29,30,31). The lowest BCUT2D eigenvalue weighted by atomic mass is 10.1. The highest BCUT2D eigenvalue weighted by Crippen LogP contribution is 2.29. The van der Waals surface area contributed by atoms with Crippen molar-refractivity contribution in [3.8, 4) is 0 Å². The van der Waals surface area contributed by atoms with Crippen molar-refractivity contribution in [2.75, 3.05) is 52.3 Å². The van der Waals surface area contributed by atoms with Gasteiger partial charge in [-0.05, 0) is 44.5 Å². The van der Waals surface area contributed by atoms with Gasteiger partial charge >= 0.3 is 0 Å². The van der Waals surface area contributed by atoms with E-state index in [0.29, 0.717) is 43.8 Å². The van der Waals surface area contributed by atoms with Gasteiger partial charge in [0.25, 0.3) is 5.91 Å². The summed E-state index contributed by atoms with van der Waals surface area (Å²) in [5.41, 5.74) is 1.95. The third-order valence-electron chi connectivity index (χ3n) is 7.30. The molecule has 1 fully saturated rings. The zero-order valence-corrected chi connectivity index (χ0v) is 21.9. The van der Waals surface area contributed by atoms with Crippen LogP contribution >= 0.6 is 0 Å². The zero-order chi connectivity index (χ0) is 25.6. The molecule has 0 aromatic carbocycles. The molecule has 2 aromatic rings. The number of carbonyl (C=O) groups is 1. The van der Waals surface area contributed by atoms with E-state index in [1.807, 2.05) is 19.3 Å². The summed E-state index contributed by atoms with van der Waals surface area (Å²) in [5, 5.41) is 4.55. The molecule has 10 nitrogen and oxygen atoms in total. The monoisotopic (exact) mass is 510 g/mol. The van der Waals surface area contributed by atoms with Crippen molar-refractivity contribution in [2.45, 2.75) is 57.2 Å². The number of amides is 1. The minimum absolute atomic E-state index is 0.0205. The minimum atomic E-state index is -0.0728. The first kappa shape index (κ1) is 25.5. The van der Waals surface area contributed by atoms with Crippen molar-refractivity contribution in [1.82, 2.24) is 24.8 Å². The number of anilines is 1. The van der Waals surface area contributed by atoms with E-state index in [9.17, 15) is 4.79 Å². The lowest BCUT2D eigenvalue weighted by Gasteiger charge is -2.26. The Morgan fingerprint density at radius 1 is 1.14 bits per heavy atom. The largest absolute Gasteiger partial charge is 0.488 e. The first-order valence-electron chi connectivity index (χ1n) is 13.4. The normalized spacial score (nSPS) is 22.4. The highest BCUT2D eigenvalue weighted by molar-refractivity contribution is 5.90. The lowest BCUT2D eigenvalue weighted by Crippen LogP contribution is -2.33. The van der Waals surface area contributed by atoms with E-state index in [1.165, 1.54) is 12.8 Å². The van der Waals surface area contributed by atoms with E-state index in [1.54, 1.807) is 11.2 Å². The molecule has 1 aliphatic heterocycles. The van der Waals surface area contributed by atoms with Crippen molar-refractivity contribution in [3.63, 3.8) is 0 Å². The fraction of sp³-hybridized carbons (Fsp3) is 0.593. The van der Waals surface area contributed by atoms with Crippen molar-refractivity contribution >= 4 is 22.8 Å². The summed E-state index contributed by atoms with van der Waals surface area (Å²) < 4.78 is 18.1. The Morgan fingerprint density at radius 3 is 2.86 bits per heavy atom. The Labute approximate surface area is 218 Å². The average Bonchev–Trinajstić information content (AvgIpc) is 3.56. The van der Waals surface area contributed by atoms with Gasteiger partial charge in [0.1, 0.15) is 30.2 Å². The topological polar surface area (TPSA) is 105 Å². The number of allylic oxidation sites excluding steroid dienone is 1. The van der Waals surface area contributed by atoms with Crippen molar-refractivity contribution in [2.24, 2.45) is 0 Å². The Hall–Kier alpha value is -3.11. The molecule has 0 saturated heterocycles. The summed E-state index contributed by atoms with van der Waals surface area (Å²) in [4.78, 5) is 29.0. The molecular formula is C27H38N6O4. The predicted molar refractivity (Wildman–Crippen MR) is 141 cm³/mol. The fourth-order valence-corrected chi connectivity index (χ4v) is 5.21. The molecule has 37 heavy (non-hydrogen) atoms. The van der Waals surface area contributed by atoms with Gasteiger partial charge in [-0.2, -0.15) is 0 Å². The van der Waals surface area contributed by atoms with Crippen molar-refractivity contribution < 1.29 is 19.0 Å². The minimum Gasteiger partial charge on any atom is -0.488 e. The van der Waals surface area contributed by atoms with Gasteiger partial charge in [-0.25, -0.2) is 9.97 Å². The van der Waals surface area contributed by atoms with Crippen LogP contribution in [0.3, 0.4) is 0 Å². The van der Waals surface area contributed by atoms with Crippen LogP contribution in [-0.2, 0) is 25.5 Å². The molecule has 3 aliphatic rings. The third-order valence-corrected chi connectivity index (χ3v) is 7.30. The number of rotatable bonds is 5. The number of nitrogens with one attached hydrogen (secondary N) is 2. The van der Waals surface area contributed by atoms with E-state index < -0.39 is 0 Å². The highest BCUT2D eigenvalue weighted by atomic mass is 16.5. The third kappa shape index (κ3) is 6.42. The molecule has 0 radical (unpaired) electrons. The van der Waals surface area contributed by atoms with Crippen LogP contribution in [0.5, 0.6) is 0 Å². The van der Waals surface area contributed by atoms with E-state index in [4.69, 9.17) is 14.2 Å². The van der Waals surface area contributed by atoms with E-state index in [0.717, 1.165) is 54.8 Å². The Morgan fingerprint density at radius 2 is 2.00 bits per heavy atom. The molecule has 2 aliphatic carbocycles. The second-order valence-corrected chi connectivity index (χ2v) is 10.2. The molecule has 10 heteroatoms. The molecule has 0 spiro atoms. The van der Waals surface area contributed by atoms with Crippen LogP contribution in [0.15, 0.2) is 36.2 Å². The van der Waals surface area contributed by atoms with Gasteiger partial charge in [0.15, 0.2) is 12.4 Å². The van der Waals surface area contributed by atoms with E-state index in [2.05, 4.69) is 38.3 Å². The summed E-state index contributed by atoms with van der Waals surface area (Å²) in [5.74, 6) is 2.05. The number of nitrogens with zero attached hydrogens (tertiary/aromatic N) is 4. The number of likely N-dealkylation sites (N-methyl/N-ethyl adjacent to an activating group) is 1. The molecule has 1 saturated carbocycles. The van der Waals surface area contributed by atoms with Gasteiger partial charge in [0.05, 0.1) is 24.1 Å². The van der Waals surface area contributed by atoms with Crippen LogP contribution in [0.4, 0.5) is 5.82 Å². The molecule has 3 heterocycles.